The fraction of sp³-hybridized carbons (Fsp3) is 0.240. The first kappa shape index (κ1) is 22.1. The molecule has 0 unspecified atom stereocenters. The van der Waals surface area contributed by atoms with Crippen LogP contribution in [0.1, 0.15) is 36.2 Å². The summed E-state index contributed by atoms with van der Waals surface area (Å²) in [6.45, 7) is 4.22. The summed E-state index contributed by atoms with van der Waals surface area (Å²) < 4.78 is 8.31. The zero-order valence-corrected chi connectivity index (χ0v) is 18.5. The number of carbonyl (C=O) groups is 2. The highest BCUT2D eigenvalue weighted by Gasteiger charge is 2.19. The maximum atomic E-state index is 13.2. The average Bonchev–Trinajstić information content (AvgIpc) is 2.81. The number of rotatable bonds is 6. The number of fused-ring (bicyclic) bond motifs is 2. The molecular weight excluding hydrogens is 420 g/mol. The van der Waals surface area contributed by atoms with Gasteiger partial charge in [-0.05, 0) is 37.1 Å². The second-order valence-corrected chi connectivity index (χ2v) is 7.50. The quantitative estimate of drug-likeness (QED) is 0.337. The Bertz CT molecular complexity index is 1470. The summed E-state index contributed by atoms with van der Waals surface area (Å²) in [5, 5.41) is 0.254. The van der Waals surface area contributed by atoms with Crippen molar-refractivity contribution >= 4 is 28.6 Å². The Hall–Kier alpha value is -4.07. The van der Waals surface area contributed by atoms with Crippen LogP contribution in [0.3, 0.4) is 0 Å². The molecule has 8 heteroatoms. The third kappa shape index (κ3) is 4.45. The van der Waals surface area contributed by atoms with Gasteiger partial charge in [-0.15, -0.1) is 0 Å². The van der Waals surface area contributed by atoms with Crippen LogP contribution in [0.5, 0.6) is 0 Å². The van der Waals surface area contributed by atoms with Gasteiger partial charge in [-0.2, -0.15) is 4.99 Å². The molecule has 0 bridgehead atoms. The van der Waals surface area contributed by atoms with Crippen molar-refractivity contribution in [1.29, 1.82) is 0 Å². The van der Waals surface area contributed by atoms with E-state index in [1.807, 2.05) is 37.3 Å². The minimum absolute atomic E-state index is 0.0639. The molecule has 0 N–H and O–H groups in total. The van der Waals surface area contributed by atoms with Crippen LogP contribution in [0, 0.1) is 0 Å². The SMILES string of the molecule is CCCn1c(=NC(=O)Cc2ccccc2)c(C(=O)OCC)cc2c(=O)n3ccccc3nc21. The number of carbonyl (C=O) groups excluding carboxylic acids is 2. The molecule has 4 aromatic rings. The summed E-state index contributed by atoms with van der Waals surface area (Å²) >= 11 is 0. The van der Waals surface area contributed by atoms with Gasteiger partial charge in [0.05, 0.1) is 18.4 Å². The van der Waals surface area contributed by atoms with Gasteiger partial charge >= 0.3 is 5.97 Å². The van der Waals surface area contributed by atoms with Crippen molar-refractivity contribution in [2.75, 3.05) is 6.61 Å². The normalized spacial score (nSPS) is 11.8. The van der Waals surface area contributed by atoms with E-state index in [-0.39, 0.29) is 35.0 Å². The molecule has 33 heavy (non-hydrogen) atoms. The number of hydrogen-bond acceptors (Lipinski definition) is 5. The highest BCUT2D eigenvalue weighted by molar-refractivity contribution is 5.93. The van der Waals surface area contributed by atoms with Gasteiger partial charge in [0, 0.05) is 12.7 Å². The van der Waals surface area contributed by atoms with Crippen LogP contribution in [-0.2, 0) is 22.5 Å². The Morgan fingerprint density at radius 2 is 1.82 bits per heavy atom. The lowest BCUT2D eigenvalue weighted by molar-refractivity contribution is -0.117. The minimum Gasteiger partial charge on any atom is -0.462 e. The van der Waals surface area contributed by atoms with E-state index in [0.29, 0.717) is 24.3 Å². The molecule has 0 spiro atoms. The Morgan fingerprint density at radius 3 is 2.55 bits per heavy atom. The van der Waals surface area contributed by atoms with Crippen molar-refractivity contribution in [3.63, 3.8) is 0 Å². The molecule has 3 heterocycles. The summed E-state index contributed by atoms with van der Waals surface area (Å²) in [7, 11) is 0. The molecule has 0 saturated carbocycles. The van der Waals surface area contributed by atoms with Crippen molar-refractivity contribution in [2.24, 2.45) is 4.99 Å². The number of hydrogen-bond donors (Lipinski definition) is 0. The predicted molar refractivity (Wildman–Crippen MR) is 124 cm³/mol. The number of esters is 1. The smallest absolute Gasteiger partial charge is 0.341 e. The predicted octanol–water partition coefficient (Wildman–Crippen LogP) is 2.91. The molecule has 0 aliphatic rings. The molecule has 8 nitrogen and oxygen atoms in total. The van der Waals surface area contributed by atoms with Gasteiger partial charge in [0.1, 0.15) is 16.9 Å². The van der Waals surface area contributed by atoms with E-state index in [1.165, 1.54) is 10.5 Å². The number of aromatic nitrogens is 3. The zero-order valence-electron chi connectivity index (χ0n) is 18.5. The van der Waals surface area contributed by atoms with Crippen LogP contribution in [-0.4, -0.2) is 32.4 Å². The summed E-state index contributed by atoms with van der Waals surface area (Å²) in [6.07, 6.45) is 2.39. The lowest BCUT2D eigenvalue weighted by Crippen LogP contribution is -2.33. The number of amides is 1. The van der Waals surface area contributed by atoms with Gasteiger partial charge in [-0.1, -0.05) is 43.3 Å². The fourth-order valence-corrected chi connectivity index (χ4v) is 3.72. The minimum atomic E-state index is -0.645. The summed E-state index contributed by atoms with van der Waals surface area (Å²) in [6, 6.07) is 15.9. The average molecular weight is 444 g/mol. The van der Waals surface area contributed by atoms with Crippen LogP contribution in [0.2, 0.25) is 0 Å². The second-order valence-electron chi connectivity index (χ2n) is 7.50. The van der Waals surface area contributed by atoms with Crippen LogP contribution < -0.4 is 11.0 Å². The summed E-state index contributed by atoms with van der Waals surface area (Å²) in [4.78, 5) is 47.9. The Morgan fingerprint density at radius 1 is 1.06 bits per heavy atom. The van der Waals surface area contributed by atoms with Crippen molar-refractivity contribution in [3.8, 4) is 0 Å². The van der Waals surface area contributed by atoms with Gasteiger partial charge in [0.2, 0.25) is 0 Å². The molecule has 0 aliphatic heterocycles. The number of pyridine rings is 2. The molecule has 0 atom stereocenters. The number of ether oxygens (including phenoxy) is 1. The third-order valence-corrected chi connectivity index (χ3v) is 5.16. The number of nitrogens with zero attached hydrogens (tertiary/aromatic N) is 4. The van der Waals surface area contributed by atoms with Crippen LogP contribution in [0.4, 0.5) is 0 Å². The Balaban J connectivity index is 2.03. The van der Waals surface area contributed by atoms with E-state index in [9.17, 15) is 14.4 Å². The zero-order chi connectivity index (χ0) is 23.4. The van der Waals surface area contributed by atoms with E-state index >= 15 is 0 Å². The first-order chi connectivity index (χ1) is 16.0. The lowest BCUT2D eigenvalue weighted by atomic mass is 10.1. The van der Waals surface area contributed by atoms with E-state index in [0.717, 1.165) is 5.56 Å². The molecule has 0 fully saturated rings. The van der Waals surface area contributed by atoms with Gasteiger partial charge in [0.15, 0.2) is 5.49 Å². The highest BCUT2D eigenvalue weighted by Crippen LogP contribution is 2.12. The lowest BCUT2D eigenvalue weighted by Gasteiger charge is -2.14. The van der Waals surface area contributed by atoms with Crippen molar-refractivity contribution < 1.29 is 14.3 Å². The summed E-state index contributed by atoms with van der Waals surface area (Å²) in [5.41, 5.74) is 1.55. The molecular formula is C25H24N4O4. The Labute approximate surface area is 189 Å². The van der Waals surface area contributed by atoms with Crippen molar-refractivity contribution in [3.05, 3.63) is 87.8 Å². The van der Waals surface area contributed by atoms with Crippen LogP contribution >= 0.6 is 0 Å². The monoisotopic (exact) mass is 444 g/mol. The molecule has 0 saturated heterocycles. The molecule has 0 aliphatic carbocycles. The largest absolute Gasteiger partial charge is 0.462 e. The van der Waals surface area contributed by atoms with Gasteiger partial charge < -0.3 is 9.30 Å². The topological polar surface area (TPSA) is 95.0 Å². The molecule has 1 amide bonds. The molecule has 0 radical (unpaired) electrons. The third-order valence-electron chi connectivity index (χ3n) is 5.16. The van der Waals surface area contributed by atoms with Crippen LogP contribution in [0.25, 0.3) is 16.7 Å². The number of benzene rings is 1. The molecule has 1 aromatic carbocycles. The maximum Gasteiger partial charge on any atom is 0.341 e. The standard InChI is InChI=1S/C25H24N4O4/c1-3-13-29-22-18(24(31)28-14-9-8-12-20(28)26-22)16-19(25(32)33-4-2)23(29)27-21(30)15-17-10-6-5-7-11-17/h5-12,14,16H,3-4,13,15H2,1-2H3. The van der Waals surface area contributed by atoms with Crippen molar-refractivity contribution in [2.45, 2.75) is 33.2 Å². The van der Waals surface area contributed by atoms with Gasteiger partial charge in [0.25, 0.3) is 11.5 Å². The first-order valence-electron chi connectivity index (χ1n) is 10.9. The fourth-order valence-electron chi connectivity index (χ4n) is 3.72. The van der Waals surface area contributed by atoms with E-state index in [2.05, 4.69) is 9.98 Å². The van der Waals surface area contributed by atoms with E-state index in [4.69, 9.17) is 4.74 Å². The van der Waals surface area contributed by atoms with Gasteiger partial charge in [-0.25, -0.2) is 9.78 Å². The molecule has 168 valence electrons. The maximum absolute atomic E-state index is 13.2. The molecule has 4 rings (SSSR count). The van der Waals surface area contributed by atoms with Gasteiger partial charge in [-0.3, -0.25) is 14.0 Å². The van der Waals surface area contributed by atoms with E-state index in [1.54, 1.807) is 35.9 Å². The van der Waals surface area contributed by atoms with Crippen LogP contribution in [0.15, 0.2) is 70.6 Å². The summed E-state index contributed by atoms with van der Waals surface area (Å²) in [5.74, 6) is -1.05. The van der Waals surface area contributed by atoms with Crippen molar-refractivity contribution in [1.82, 2.24) is 14.0 Å². The molecule has 3 aromatic heterocycles. The first-order valence-corrected chi connectivity index (χ1v) is 10.9. The van der Waals surface area contributed by atoms with E-state index < -0.39 is 11.9 Å². The Kier molecular flexibility index (Phi) is 6.44. The highest BCUT2D eigenvalue weighted by atomic mass is 16.5. The second kappa shape index (κ2) is 9.60. The number of aryl methyl sites for hydroxylation is 1.